The van der Waals surface area contributed by atoms with Crippen LogP contribution in [0.15, 0.2) is 60.7 Å². The Morgan fingerprint density at radius 3 is 1.59 bits per heavy atom. The van der Waals surface area contributed by atoms with Gasteiger partial charge < -0.3 is 48.5 Å². The summed E-state index contributed by atoms with van der Waals surface area (Å²) in [6.45, 7) is 1.18. The molecule has 1 aliphatic heterocycles. The van der Waals surface area contributed by atoms with Crippen LogP contribution in [0, 0.1) is 0 Å². The van der Waals surface area contributed by atoms with E-state index in [0.717, 1.165) is 60.9 Å². The number of hydrogen-bond donors (Lipinski definition) is 2. The third-order valence-electron chi connectivity index (χ3n) is 9.50. The van der Waals surface area contributed by atoms with E-state index in [1.54, 1.807) is 54.8 Å². The number of halogens is 1. The zero-order chi connectivity index (χ0) is 39.9. The molecule has 4 aromatic carbocycles. The second-order valence-corrected chi connectivity index (χ2v) is 13.7. The van der Waals surface area contributed by atoms with Crippen LogP contribution in [0.25, 0.3) is 12.2 Å². The second-order valence-electron chi connectivity index (χ2n) is 13.2. The molecule has 56 heavy (non-hydrogen) atoms. The van der Waals surface area contributed by atoms with Crippen molar-refractivity contribution in [1.82, 2.24) is 5.32 Å². The third-order valence-corrected chi connectivity index (χ3v) is 9.74. The molecule has 0 radical (unpaired) electrons. The van der Waals surface area contributed by atoms with E-state index in [1.165, 1.54) is 12.8 Å². The number of fused-ring (bicyclic) bond motifs is 1. The van der Waals surface area contributed by atoms with Gasteiger partial charge in [0, 0.05) is 10.7 Å². The molecule has 0 spiro atoms. The summed E-state index contributed by atoms with van der Waals surface area (Å²) in [7, 11) is 9.65. The first-order chi connectivity index (χ1) is 27.3. The van der Waals surface area contributed by atoms with E-state index < -0.39 is 6.17 Å². The summed E-state index contributed by atoms with van der Waals surface area (Å²) >= 11 is 6.07. The number of rotatable bonds is 22. The Morgan fingerprint density at radius 1 is 0.536 bits per heavy atom. The number of methoxy groups -OCH3 is 6. The van der Waals surface area contributed by atoms with Gasteiger partial charge in [-0.1, -0.05) is 68.3 Å². The predicted octanol–water partition coefficient (Wildman–Crippen LogP) is 9.99. The Labute approximate surface area is 335 Å². The highest BCUT2D eigenvalue weighted by Gasteiger charge is 2.26. The highest BCUT2D eigenvalue weighted by Crippen LogP contribution is 2.41. The minimum Gasteiger partial charge on any atom is -0.493 e. The lowest BCUT2D eigenvalue weighted by Crippen LogP contribution is -2.38. The summed E-state index contributed by atoms with van der Waals surface area (Å²) in [6.07, 6.45) is 12.3. The third kappa shape index (κ3) is 10.9. The van der Waals surface area contributed by atoms with Crippen LogP contribution >= 0.6 is 11.6 Å². The standard InChI is InChI=1S/C44H53ClN2O9/c1-49-36-27-31(43-46-34-19-18-32(45)28-33(34)44(48)47-43)17-20-35(36)55-21-13-11-9-7-8-10-12-14-22-56-42-39(52-4)25-30(26-40(42)53-5)16-15-29-23-37(50-2)41(54-6)38(24-29)51-3/h15-20,23-28,43,46H,7-14,21-22H2,1-6H3,(H,47,48)/b16-15+. The van der Waals surface area contributed by atoms with E-state index in [9.17, 15) is 4.79 Å². The molecule has 300 valence electrons. The number of hydrogen-bond acceptors (Lipinski definition) is 10. The van der Waals surface area contributed by atoms with Crippen LogP contribution in [0.4, 0.5) is 5.69 Å². The highest BCUT2D eigenvalue weighted by molar-refractivity contribution is 6.31. The summed E-state index contributed by atoms with van der Waals surface area (Å²) < 4.78 is 45.6. The molecule has 2 N–H and O–H groups in total. The van der Waals surface area contributed by atoms with Gasteiger partial charge in [0.25, 0.3) is 5.91 Å². The van der Waals surface area contributed by atoms with Gasteiger partial charge >= 0.3 is 0 Å². The van der Waals surface area contributed by atoms with Crippen molar-refractivity contribution in [2.45, 2.75) is 57.5 Å². The van der Waals surface area contributed by atoms with Gasteiger partial charge in [-0.25, -0.2) is 0 Å². The SMILES string of the molecule is COc1cc(C2NC(=O)c3cc(Cl)ccc3N2)ccc1OCCCCCCCCCCOc1c(OC)cc(/C=C/c2cc(OC)c(OC)c(OC)c2)cc1OC. The van der Waals surface area contributed by atoms with E-state index in [0.29, 0.717) is 69.8 Å². The molecule has 0 fully saturated rings. The lowest BCUT2D eigenvalue weighted by atomic mass is 10.1. The molecule has 0 aliphatic carbocycles. The fourth-order valence-corrected chi connectivity index (χ4v) is 6.70. The first-order valence-corrected chi connectivity index (χ1v) is 19.2. The Bertz CT molecular complexity index is 1900. The van der Waals surface area contributed by atoms with Crippen LogP contribution < -0.4 is 48.5 Å². The van der Waals surface area contributed by atoms with Crippen molar-refractivity contribution in [3.05, 3.63) is 87.9 Å². The van der Waals surface area contributed by atoms with Gasteiger partial charge in [0.1, 0.15) is 6.17 Å². The van der Waals surface area contributed by atoms with Crippen LogP contribution in [0.1, 0.15) is 84.6 Å². The first kappa shape index (κ1) is 41.7. The highest BCUT2D eigenvalue weighted by atomic mass is 35.5. The van der Waals surface area contributed by atoms with Crippen LogP contribution in [0.3, 0.4) is 0 Å². The Morgan fingerprint density at radius 2 is 1.05 bits per heavy atom. The Kier molecular flexibility index (Phi) is 15.7. The fraction of sp³-hybridized carbons (Fsp3) is 0.386. The number of unbranched alkanes of at least 4 members (excludes halogenated alkanes) is 7. The number of benzene rings is 4. The monoisotopic (exact) mass is 788 g/mol. The minimum atomic E-state index is -0.395. The summed E-state index contributed by atoms with van der Waals surface area (Å²) in [6, 6.07) is 18.6. The quantitative estimate of drug-likeness (QED) is 0.0589. The lowest BCUT2D eigenvalue weighted by Gasteiger charge is -2.28. The van der Waals surface area contributed by atoms with E-state index >= 15 is 0 Å². The number of ether oxygens (including phenoxy) is 8. The van der Waals surface area contributed by atoms with Gasteiger partial charge in [0.05, 0.1) is 61.4 Å². The molecule has 1 heterocycles. The number of carbonyl (C=O) groups excluding carboxylic acids is 1. The molecule has 5 rings (SSSR count). The maximum atomic E-state index is 12.7. The smallest absolute Gasteiger partial charge is 0.255 e. The number of anilines is 1. The molecule has 1 amide bonds. The largest absolute Gasteiger partial charge is 0.493 e. The Balaban J connectivity index is 0.983. The van der Waals surface area contributed by atoms with Crippen molar-refractivity contribution in [2.24, 2.45) is 0 Å². The van der Waals surface area contributed by atoms with Crippen molar-refractivity contribution in [1.29, 1.82) is 0 Å². The van der Waals surface area contributed by atoms with Crippen LogP contribution in [-0.4, -0.2) is 61.8 Å². The van der Waals surface area contributed by atoms with Crippen molar-refractivity contribution < 1.29 is 42.7 Å². The number of amides is 1. The minimum absolute atomic E-state index is 0.180. The average molecular weight is 789 g/mol. The predicted molar refractivity (Wildman–Crippen MR) is 221 cm³/mol. The summed E-state index contributed by atoms with van der Waals surface area (Å²) in [4.78, 5) is 12.7. The molecule has 12 heteroatoms. The molecule has 11 nitrogen and oxygen atoms in total. The molecule has 0 saturated carbocycles. The maximum absolute atomic E-state index is 12.7. The zero-order valence-corrected chi connectivity index (χ0v) is 33.9. The lowest BCUT2D eigenvalue weighted by molar-refractivity contribution is 0.0935. The van der Waals surface area contributed by atoms with Crippen LogP contribution in [0.5, 0.6) is 46.0 Å². The topological polar surface area (TPSA) is 115 Å². The second kappa shape index (κ2) is 21.0. The molecule has 1 atom stereocenters. The summed E-state index contributed by atoms with van der Waals surface area (Å²) in [5.74, 6) is 4.66. The van der Waals surface area contributed by atoms with Crippen molar-refractivity contribution in [3.8, 4) is 46.0 Å². The van der Waals surface area contributed by atoms with E-state index in [2.05, 4.69) is 10.6 Å². The van der Waals surface area contributed by atoms with Crippen LogP contribution in [0.2, 0.25) is 5.02 Å². The van der Waals surface area contributed by atoms with Gasteiger partial charge in [-0.3, -0.25) is 4.79 Å². The van der Waals surface area contributed by atoms with E-state index in [-0.39, 0.29) is 5.91 Å². The van der Waals surface area contributed by atoms with Gasteiger partial charge in [-0.05, 0) is 84.1 Å². The van der Waals surface area contributed by atoms with E-state index in [1.807, 2.05) is 60.7 Å². The fourth-order valence-electron chi connectivity index (χ4n) is 6.53. The molecule has 0 saturated heterocycles. The Hall–Kier alpha value is -5.42. The molecule has 4 aromatic rings. The molecule has 1 unspecified atom stereocenters. The van der Waals surface area contributed by atoms with Gasteiger partial charge in [0.2, 0.25) is 11.5 Å². The van der Waals surface area contributed by atoms with Crippen molar-refractivity contribution in [2.75, 3.05) is 61.2 Å². The first-order valence-electron chi connectivity index (χ1n) is 18.9. The molecule has 0 bridgehead atoms. The van der Waals surface area contributed by atoms with Gasteiger partial charge in [-0.2, -0.15) is 0 Å². The summed E-state index contributed by atoms with van der Waals surface area (Å²) in [5.41, 5.74) is 3.90. The summed E-state index contributed by atoms with van der Waals surface area (Å²) in [5, 5.41) is 6.85. The molecule has 0 aromatic heterocycles. The van der Waals surface area contributed by atoms with Crippen LogP contribution in [-0.2, 0) is 0 Å². The van der Waals surface area contributed by atoms with Crippen molar-refractivity contribution >= 4 is 35.3 Å². The molecule has 1 aliphatic rings. The molecular weight excluding hydrogens is 736 g/mol. The molecular formula is C44H53ClN2O9. The number of nitrogens with one attached hydrogen (secondary N) is 2. The maximum Gasteiger partial charge on any atom is 0.255 e. The average Bonchev–Trinajstić information content (AvgIpc) is 3.22. The van der Waals surface area contributed by atoms with E-state index in [4.69, 9.17) is 49.5 Å². The normalized spacial score (nSPS) is 13.3. The van der Waals surface area contributed by atoms with Crippen molar-refractivity contribution in [3.63, 3.8) is 0 Å². The number of carbonyl (C=O) groups is 1. The zero-order valence-electron chi connectivity index (χ0n) is 33.1. The van der Waals surface area contributed by atoms with Gasteiger partial charge in [0.15, 0.2) is 34.5 Å². The van der Waals surface area contributed by atoms with Gasteiger partial charge in [-0.15, -0.1) is 0 Å².